The van der Waals surface area contributed by atoms with Gasteiger partial charge in [0.25, 0.3) is 5.56 Å². The number of H-pyrrole nitrogens is 1. The number of rotatable bonds is 6. The normalized spacial score (nSPS) is 10.6. The van der Waals surface area contributed by atoms with Crippen LogP contribution in [0.1, 0.15) is 28.2 Å². The average molecular weight is 351 g/mol. The van der Waals surface area contributed by atoms with Crippen LogP contribution in [0.3, 0.4) is 0 Å². The number of aromatic nitrogens is 2. The van der Waals surface area contributed by atoms with E-state index in [0.717, 1.165) is 5.56 Å². The van der Waals surface area contributed by atoms with Crippen LogP contribution in [0.15, 0.2) is 53.3 Å². The largest absolute Gasteiger partial charge is 0.478 e. The predicted octanol–water partition coefficient (Wildman–Crippen LogP) is 1.87. The van der Waals surface area contributed by atoms with Gasteiger partial charge in [0, 0.05) is 19.4 Å². The van der Waals surface area contributed by atoms with E-state index in [1.165, 1.54) is 12.1 Å². The molecule has 1 amide bonds. The summed E-state index contributed by atoms with van der Waals surface area (Å²) in [6.45, 7) is 0.306. The van der Waals surface area contributed by atoms with Crippen LogP contribution < -0.4 is 10.9 Å². The summed E-state index contributed by atoms with van der Waals surface area (Å²) in [7, 11) is 0. The SMILES string of the molecule is O=C(CCc1nc2ccccc2c(=O)[nH]1)NCc1ccc(C(=O)O)cc1. The number of carbonyl (C=O) groups excluding carboxylic acids is 1. The van der Waals surface area contributed by atoms with E-state index in [2.05, 4.69) is 15.3 Å². The fourth-order valence-corrected chi connectivity index (χ4v) is 2.54. The van der Waals surface area contributed by atoms with Crippen molar-refractivity contribution in [3.05, 3.63) is 75.8 Å². The summed E-state index contributed by atoms with van der Waals surface area (Å²) < 4.78 is 0. The van der Waals surface area contributed by atoms with E-state index >= 15 is 0 Å². The second-order valence-electron chi connectivity index (χ2n) is 5.81. The Labute approximate surface area is 148 Å². The van der Waals surface area contributed by atoms with Crippen LogP contribution in [0, 0.1) is 0 Å². The Kier molecular flexibility index (Phi) is 5.07. The first-order valence-electron chi connectivity index (χ1n) is 8.10. The fraction of sp³-hybridized carbons (Fsp3) is 0.158. The zero-order valence-electron chi connectivity index (χ0n) is 13.9. The summed E-state index contributed by atoms with van der Waals surface area (Å²) in [5.74, 6) is -0.699. The number of hydrogen-bond acceptors (Lipinski definition) is 4. The summed E-state index contributed by atoms with van der Waals surface area (Å²) >= 11 is 0. The monoisotopic (exact) mass is 351 g/mol. The third kappa shape index (κ3) is 4.13. The number of hydrogen-bond donors (Lipinski definition) is 3. The van der Waals surface area contributed by atoms with Gasteiger partial charge in [-0.25, -0.2) is 9.78 Å². The first-order chi connectivity index (χ1) is 12.5. The van der Waals surface area contributed by atoms with Gasteiger partial charge in [-0.05, 0) is 29.8 Å². The van der Waals surface area contributed by atoms with Crippen LogP contribution in [-0.2, 0) is 17.8 Å². The molecular formula is C19H17N3O4. The van der Waals surface area contributed by atoms with Crippen molar-refractivity contribution >= 4 is 22.8 Å². The molecule has 1 heterocycles. The lowest BCUT2D eigenvalue weighted by Gasteiger charge is -2.06. The van der Waals surface area contributed by atoms with Crippen LogP contribution in [0.2, 0.25) is 0 Å². The number of benzene rings is 2. The Hall–Kier alpha value is -3.48. The third-order valence-electron chi connectivity index (χ3n) is 3.94. The van der Waals surface area contributed by atoms with Crippen molar-refractivity contribution in [3.63, 3.8) is 0 Å². The Morgan fingerprint density at radius 2 is 1.81 bits per heavy atom. The minimum absolute atomic E-state index is 0.178. The highest BCUT2D eigenvalue weighted by atomic mass is 16.4. The molecule has 1 aromatic heterocycles. The Morgan fingerprint density at radius 1 is 1.08 bits per heavy atom. The Bertz CT molecular complexity index is 1010. The molecule has 0 atom stereocenters. The number of carbonyl (C=O) groups is 2. The van der Waals surface area contributed by atoms with Gasteiger partial charge in [0.05, 0.1) is 16.5 Å². The highest BCUT2D eigenvalue weighted by molar-refractivity contribution is 5.87. The lowest BCUT2D eigenvalue weighted by atomic mass is 10.1. The molecule has 26 heavy (non-hydrogen) atoms. The molecule has 7 nitrogen and oxygen atoms in total. The van der Waals surface area contributed by atoms with Crippen LogP contribution >= 0.6 is 0 Å². The van der Waals surface area contributed by atoms with Gasteiger partial charge in [0.2, 0.25) is 5.91 Å². The highest BCUT2D eigenvalue weighted by Crippen LogP contribution is 2.07. The molecule has 0 aliphatic rings. The second kappa shape index (κ2) is 7.60. The molecule has 0 fully saturated rings. The summed E-state index contributed by atoms with van der Waals surface area (Å²) in [6, 6.07) is 13.3. The zero-order chi connectivity index (χ0) is 18.5. The minimum Gasteiger partial charge on any atom is -0.478 e. The molecule has 0 aliphatic carbocycles. The molecule has 3 rings (SSSR count). The molecule has 0 unspecified atom stereocenters. The van der Waals surface area contributed by atoms with Crippen LogP contribution in [0.5, 0.6) is 0 Å². The maximum atomic E-state index is 12.0. The molecular weight excluding hydrogens is 334 g/mol. The number of carboxylic acid groups (broad SMARTS) is 1. The lowest BCUT2D eigenvalue weighted by Crippen LogP contribution is -2.23. The number of nitrogens with zero attached hydrogens (tertiary/aromatic N) is 1. The highest BCUT2D eigenvalue weighted by Gasteiger charge is 2.07. The lowest BCUT2D eigenvalue weighted by molar-refractivity contribution is -0.121. The average Bonchev–Trinajstić information content (AvgIpc) is 2.65. The Morgan fingerprint density at radius 3 is 2.54 bits per heavy atom. The van der Waals surface area contributed by atoms with Gasteiger partial charge in [-0.2, -0.15) is 0 Å². The summed E-state index contributed by atoms with van der Waals surface area (Å²) in [5.41, 5.74) is 1.39. The number of para-hydroxylation sites is 1. The smallest absolute Gasteiger partial charge is 0.335 e. The van der Waals surface area contributed by atoms with E-state index in [1.807, 2.05) is 0 Å². The molecule has 0 spiro atoms. The number of fused-ring (bicyclic) bond motifs is 1. The first-order valence-corrected chi connectivity index (χ1v) is 8.10. The van der Waals surface area contributed by atoms with E-state index in [9.17, 15) is 14.4 Å². The van der Waals surface area contributed by atoms with Crippen molar-refractivity contribution in [3.8, 4) is 0 Å². The minimum atomic E-state index is -0.988. The number of nitrogens with one attached hydrogen (secondary N) is 2. The molecule has 3 N–H and O–H groups in total. The summed E-state index contributed by atoms with van der Waals surface area (Å²) in [6.07, 6.45) is 0.512. The van der Waals surface area contributed by atoms with E-state index in [0.29, 0.717) is 29.7 Å². The maximum Gasteiger partial charge on any atom is 0.335 e. The van der Waals surface area contributed by atoms with E-state index in [4.69, 9.17) is 5.11 Å². The van der Waals surface area contributed by atoms with Crippen LogP contribution in [0.4, 0.5) is 0 Å². The summed E-state index contributed by atoms with van der Waals surface area (Å²) in [5, 5.41) is 12.1. The molecule has 0 bridgehead atoms. The van der Waals surface area contributed by atoms with Gasteiger partial charge >= 0.3 is 5.97 Å². The number of aryl methyl sites for hydroxylation is 1. The number of aromatic carboxylic acids is 1. The van der Waals surface area contributed by atoms with Gasteiger partial charge in [-0.1, -0.05) is 24.3 Å². The predicted molar refractivity (Wildman–Crippen MR) is 95.9 cm³/mol. The number of amides is 1. The Balaban J connectivity index is 1.55. The van der Waals surface area contributed by atoms with Gasteiger partial charge in [-0.15, -0.1) is 0 Å². The van der Waals surface area contributed by atoms with Gasteiger partial charge in [-0.3, -0.25) is 9.59 Å². The van der Waals surface area contributed by atoms with Crippen molar-refractivity contribution in [1.29, 1.82) is 0 Å². The number of carboxylic acids is 1. The van der Waals surface area contributed by atoms with Crippen molar-refractivity contribution in [1.82, 2.24) is 15.3 Å². The molecule has 3 aromatic rings. The van der Waals surface area contributed by atoms with Crippen molar-refractivity contribution in [2.45, 2.75) is 19.4 Å². The van der Waals surface area contributed by atoms with Crippen LogP contribution in [-0.4, -0.2) is 27.0 Å². The van der Waals surface area contributed by atoms with Gasteiger partial charge in [0.15, 0.2) is 0 Å². The third-order valence-corrected chi connectivity index (χ3v) is 3.94. The maximum absolute atomic E-state index is 12.0. The second-order valence-corrected chi connectivity index (χ2v) is 5.81. The van der Waals surface area contributed by atoms with Crippen molar-refractivity contribution in [2.24, 2.45) is 0 Å². The van der Waals surface area contributed by atoms with Crippen molar-refractivity contribution < 1.29 is 14.7 Å². The quantitative estimate of drug-likeness (QED) is 0.628. The van der Waals surface area contributed by atoms with E-state index < -0.39 is 5.97 Å². The first kappa shape index (κ1) is 17.3. The topological polar surface area (TPSA) is 112 Å². The van der Waals surface area contributed by atoms with Crippen molar-refractivity contribution in [2.75, 3.05) is 0 Å². The fourth-order valence-electron chi connectivity index (χ4n) is 2.54. The molecule has 2 aromatic carbocycles. The molecule has 0 radical (unpaired) electrons. The van der Waals surface area contributed by atoms with Crippen LogP contribution in [0.25, 0.3) is 10.9 Å². The van der Waals surface area contributed by atoms with E-state index in [-0.39, 0.29) is 23.5 Å². The van der Waals surface area contributed by atoms with Gasteiger partial charge < -0.3 is 15.4 Å². The summed E-state index contributed by atoms with van der Waals surface area (Å²) in [4.78, 5) is 41.8. The molecule has 132 valence electrons. The zero-order valence-corrected chi connectivity index (χ0v) is 13.9. The molecule has 0 aliphatic heterocycles. The molecule has 0 saturated heterocycles. The van der Waals surface area contributed by atoms with E-state index in [1.54, 1.807) is 36.4 Å². The molecule has 0 saturated carbocycles. The number of aromatic amines is 1. The standard InChI is InChI=1S/C19H17N3O4/c23-17(20-11-12-5-7-13(8-6-12)19(25)26)10-9-16-21-15-4-2-1-3-14(15)18(24)22-16/h1-8H,9-11H2,(H,20,23)(H,25,26)(H,21,22,24). The molecule has 7 heteroatoms. The van der Waals surface area contributed by atoms with Gasteiger partial charge in [0.1, 0.15) is 5.82 Å².